The summed E-state index contributed by atoms with van der Waals surface area (Å²) in [5.74, 6) is 0.0666. The van der Waals surface area contributed by atoms with E-state index in [1.54, 1.807) is 24.3 Å². The molecule has 1 unspecified atom stereocenters. The van der Waals surface area contributed by atoms with Crippen LogP contribution < -0.4 is 5.32 Å². The molecule has 0 saturated heterocycles. The molecule has 9 nitrogen and oxygen atoms in total. The van der Waals surface area contributed by atoms with E-state index in [1.807, 2.05) is 18.7 Å². The molecule has 3 aromatic rings. The number of rotatable bonds is 9. The number of nitrogens with zero attached hydrogens (tertiary/aromatic N) is 4. The van der Waals surface area contributed by atoms with Crippen LogP contribution in [0.4, 0.5) is 10.1 Å². The van der Waals surface area contributed by atoms with E-state index >= 15 is 0 Å². The molecule has 162 valence electrons. The van der Waals surface area contributed by atoms with Crippen LogP contribution in [0, 0.1) is 15.9 Å². The molecule has 2 aromatic carbocycles. The van der Waals surface area contributed by atoms with Crippen molar-refractivity contribution < 1.29 is 18.5 Å². The first-order valence-corrected chi connectivity index (χ1v) is 9.70. The maximum atomic E-state index is 13.0. The monoisotopic (exact) mass is 427 g/mol. The molecule has 0 radical (unpaired) electrons. The molecule has 1 amide bonds. The topological polar surface area (TPSA) is 114 Å². The van der Waals surface area contributed by atoms with Gasteiger partial charge in [0.25, 0.3) is 5.69 Å². The molecule has 31 heavy (non-hydrogen) atoms. The number of nitro groups is 1. The minimum atomic E-state index is -0.481. The van der Waals surface area contributed by atoms with E-state index in [1.165, 1.54) is 24.3 Å². The second-order valence-electron chi connectivity index (χ2n) is 6.89. The summed E-state index contributed by atoms with van der Waals surface area (Å²) >= 11 is 0. The zero-order valence-corrected chi connectivity index (χ0v) is 17.1. The number of non-ortho nitro benzene ring substituents is 1. The number of hydrogen-bond acceptors (Lipinski definition) is 7. The van der Waals surface area contributed by atoms with E-state index in [0.717, 1.165) is 5.56 Å². The lowest BCUT2D eigenvalue weighted by molar-refractivity contribution is -0.384. The summed E-state index contributed by atoms with van der Waals surface area (Å²) in [7, 11) is 0. The number of carbonyl (C=O) groups excluding carboxylic acids is 1. The van der Waals surface area contributed by atoms with E-state index in [4.69, 9.17) is 4.42 Å². The predicted octanol–water partition coefficient (Wildman–Crippen LogP) is 3.48. The van der Waals surface area contributed by atoms with E-state index in [0.29, 0.717) is 24.5 Å². The van der Waals surface area contributed by atoms with Crippen LogP contribution in [0.3, 0.4) is 0 Å². The van der Waals surface area contributed by atoms with Crippen LogP contribution in [-0.4, -0.2) is 39.0 Å². The Labute approximate surface area is 178 Å². The fourth-order valence-corrected chi connectivity index (χ4v) is 2.97. The lowest BCUT2D eigenvalue weighted by Crippen LogP contribution is -2.38. The second kappa shape index (κ2) is 9.90. The molecule has 3 rings (SSSR count). The average molecular weight is 427 g/mol. The molecule has 0 aliphatic rings. The van der Waals surface area contributed by atoms with Crippen LogP contribution in [0.1, 0.15) is 31.3 Å². The summed E-state index contributed by atoms with van der Waals surface area (Å²) in [5, 5.41) is 21.7. The van der Waals surface area contributed by atoms with E-state index in [9.17, 15) is 19.3 Å². The van der Waals surface area contributed by atoms with Gasteiger partial charge in [-0.15, -0.1) is 10.2 Å². The van der Waals surface area contributed by atoms with Gasteiger partial charge in [-0.25, -0.2) is 4.39 Å². The van der Waals surface area contributed by atoms with Crippen molar-refractivity contribution >= 4 is 11.6 Å². The third-order valence-electron chi connectivity index (χ3n) is 4.83. The van der Waals surface area contributed by atoms with Gasteiger partial charge in [0.05, 0.1) is 17.5 Å². The summed E-state index contributed by atoms with van der Waals surface area (Å²) in [6.45, 7) is 4.76. The SMILES string of the molecule is CCN(CC(=O)NCc1ccc(F)cc1)C(C)c1nnc(-c2ccc([N+](=O)[O-])cc2)o1. The standard InChI is InChI=1S/C21H22FN5O4/c1-3-26(13-19(28)23-12-15-4-8-17(22)9-5-15)14(2)20-24-25-21(31-20)16-6-10-18(11-7-16)27(29)30/h4-11,14H,3,12-13H2,1-2H3,(H,23,28). The third-order valence-corrected chi connectivity index (χ3v) is 4.83. The zero-order valence-electron chi connectivity index (χ0n) is 17.1. The average Bonchev–Trinajstić information content (AvgIpc) is 3.27. The maximum Gasteiger partial charge on any atom is 0.269 e. The number of likely N-dealkylation sites (N-methyl/N-ethyl adjacent to an activating group) is 1. The fourth-order valence-electron chi connectivity index (χ4n) is 2.97. The Morgan fingerprint density at radius 1 is 1.19 bits per heavy atom. The number of benzene rings is 2. The van der Waals surface area contributed by atoms with Crippen LogP contribution in [0.5, 0.6) is 0 Å². The third kappa shape index (κ3) is 5.70. The summed E-state index contributed by atoms with van der Waals surface area (Å²) in [4.78, 5) is 24.5. The molecule has 0 spiro atoms. The Morgan fingerprint density at radius 3 is 2.48 bits per heavy atom. The van der Waals surface area contributed by atoms with E-state index in [-0.39, 0.29) is 35.9 Å². The highest BCUT2D eigenvalue weighted by atomic mass is 19.1. The van der Waals surface area contributed by atoms with Gasteiger partial charge in [-0.3, -0.25) is 19.8 Å². The molecule has 0 fully saturated rings. The van der Waals surface area contributed by atoms with Crippen LogP contribution in [0.2, 0.25) is 0 Å². The summed E-state index contributed by atoms with van der Waals surface area (Å²) < 4.78 is 18.7. The summed E-state index contributed by atoms with van der Waals surface area (Å²) in [5.41, 5.74) is 1.34. The lowest BCUT2D eigenvalue weighted by Gasteiger charge is -2.24. The number of hydrogen-bond donors (Lipinski definition) is 1. The van der Waals surface area contributed by atoms with Crippen molar-refractivity contribution in [1.82, 2.24) is 20.4 Å². The zero-order chi connectivity index (χ0) is 22.4. The van der Waals surface area contributed by atoms with Crippen molar-refractivity contribution in [3.05, 3.63) is 75.9 Å². The van der Waals surface area contributed by atoms with E-state index < -0.39 is 4.92 Å². The first-order valence-electron chi connectivity index (χ1n) is 9.70. The molecule has 0 saturated carbocycles. The van der Waals surface area contributed by atoms with Gasteiger partial charge < -0.3 is 9.73 Å². The van der Waals surface area contributed by atoms with Gasteiger partial charge in [-0.1, -0.05) is 19.1 Å². The minimum Gasteiger partial charge on any atom is -0.419 e. The summed E-state index contributed by atoms with van der Waals surface area (Å²) in [6, 6.07) is 11.4. The number of halogens is 1. The van der Waals surface area contributed by atoms with Gasteiger partial charge in [-0.2, -0.15) is 0 Å². The van der Waals surface area contributed by atoms with Crippen LogP contribution in [0.15, 0.2) is 52.9 Å². The highest BCUT2D eigenvalue weighted by molar-refractivity contribution is 5.78. The highest BCUT2D eigenvalue weighted by Gasteiger charge is 2.23. The van der Waals surface area contributed by atoms with Crippen molar-refractivity contribution in [2.24, 2.45) is 0 Å². The van der Waals surface area contributed by atoms with E-state index in [2.05, 4.69) is 15.5 Å². The van der Waals surface area contributed by atoms with Crippen molar-refractivity contribution in [2.75, 3.05) is 13.1 Å². The number of nitrogens with one attached hydrogen (secondary N) is 1. The van der Waals surface area contributed by atoms with Gasteiger partial charge in [0.15, 0.2) is 0 Å². The Balaban J connectivity index is 1.60. The van der Waals surface area contributed by atoms with Gasteiger partial charge >= 0.3 is 0 Å². The number of amides is 1. The fraction of sp³-hybridized carbons (Fsp3) is 0.286. The molecule has 1 heterocycles. The van der Waals surface area contributed by atoms with Crippen molar-refractivity contribution in [1.29, 1.82) is 0 Å². The number of nitro benzene ring substituents is 1. The molecule has 10 heteroatoms. The summed E-state index contributed by atoms with van der Waals surface area (Å²) in [6.07, 6.45) is 0. The number of carbonyl (C=O) groups is 1. The van der Waals surface area contributed by atoms with Gasteiger partial charge in [0.1, 0.15) is 5.82 Å². The first kappa shape index (κ1) is 22.0. The van der Waals surface area contributed by atoms with Crippen LogP contribution >= 0.6 is 0 Å². The molecule has 0 bridgehead atoms. The first-order chi connectivity index (χ1) is 14.9. The van der Waals surface area contributed by atoms with Gasteiger partial charge in [-0.05, 0) is 43.3 Å². The Hall–Kier alpha value is -3.66. The smallest absolute Gasteiger partial charge is 0.269 e. The van der Waals surface area contributed by atoms with Crippen molar-refractivity contribution in [2.45, 2.75) is 26.4 Å². The Kier molecular flexibility index (Phi) is 7.03. The molecule has 0 aliphatic carbocycles. The molecule has 1 atom stereocenters. The van der Waals surface area contributed by atoms with Crippen LogP contribution in [0.25, 0.3) is 11.5 Å². The normalized spacial score (nSPS) is 12.0. The highest BCUT2D eigenvalue weighted by Crippen LogP contribution is 2.25. The number of aromatic nitrogens is 2. The van der Waals surface area contributed by atoms with Crippen molar-refractivity contribution in [3.63, 3.8) is 0 Å². The second-order valence-corrected chi connectivity index (χ2v) is 6.89. The van der Waals surface area contributed by atoms with Crippen molar-refractivity contribution in [3.8, 4) is 11.5 Å². The molecule has 1 N–H and O–H groups in total. The largest absolute Gasteiger partial charge is 0.419 e. The minimum absolute atomic E-state index is 0.0272. The molecule has 0 aliphatic heterocycles. The predicted molar refractivity (Wildman–Crippen MR) is 110 cm³/mol. The van der Waals surface area contributed by atoms with Gasteiger partial charge in [0.2, 0.25) is 17.7 Å². The van der Waals surface area contributed by atoms with Crippen LogP contribution in [-0.2, 0) is 11.3 Å². The maximum absolute atomic E-state index is 13.0. The lowest BCUT2D eigenvalue weighted by atomic mass is 10.2. The Bertz CT molecular complexity index is 1040. The quantitative estimate of drug-likeness (QED) is 0.411. The Morgan fingerprint density at radius 2 is 1.87 bits per heavy atom. The molecular formula is C21H22FN5O4. The molecule has 1 aromatic heterocycles. The molecular weight excluding hydrogens is 405 g/mol. The van der Waals surface area contributed by atoms with Gasteiger partial charge in [0, 0.05) is 24.2 Å².